The molecule has 1 aliphatic heterocycles. The molecule has 0 N–H and O–H groups in total. The number of alkyl halides is 1. The van der Waals surface area contributed by atoms with E-state index in [0.29, 0.717) is 5.33 Å². The molecule has 0 radical (unpaired) electrons. The third kappa shape index (κ3) is 0.713. The van der Waals surface area contributed by atoms with Crippen molar-refractivity contribution >= 4 is 27.9 Å². The van der Waals surface area contributed by atoms with E-state index >= 15 is 0 Å². The van der Waals surface area contributed by atoms with Crippen LogP contribution in [0, 0.1) is 23.2 Å². The molecule has 2 bridgehead atoms. The van der Waals surface area contributed by atoms with Gasteiger partial charge in [0, 0.05) is 5.33 Å². The number of carbonyl (C=O) groups excluding carboxylic acids is 2. The number of carbonyl (C=O) groups is 2. The summed E-state index contributed by atoms with van der Waals surface area (Å²) in [4.78, 5) is 23.2. The molecule has 1 saturated heterocycles. The molecule has 3 rings (SSSR count). The van der Waals surface area contributed by atoms with Gasteiger partial charge in [-0.05, 0) is 18.3 Å². The van der Waals surface area contributed by atoms with Crippen LogP contribution < -0.4 is 0 Å². The molecule has 2 fully saturated rings. The lowest BCUT2D eigenvalue weighted by molar-refractivity contribution is -0.156. The molecule has 1 unspecified atom stereocenters. The molecule has 4 atom stereocenters. The maximum Gasteiger partial charge on any atom is 0.322 e. The summed E-state index contributed by atoms with van der Waals surface area (Å²) in [5, 5.41) is 0.529. The van der Waals surface area contributed by atoms with Gasteiger partial charge in [0.15, 0.2) is 0 Å². The standard InChI is InChI=1S/C10H9BrO3/c11-4-10-6-2-1-5(3-6)7(10)8(12)14-9(10)13/h1-2,5-7H,3-4H2/t5-,6?,7+,10-/m0/s1. The van der Waals surface area contributed by atoms with Crippen molar-refractivity contribution in [1.29, 1.82) is 0 Å². The van der Waals surface area contributed by atoms with Gasteiger partial charge in [-0.1, -0.05) is 28.1 Å². The number of fused-ring (bicyclic) bond motifs is 5. The van der Waals surface area contributed by atoms with Crippen molar-refractivity contribution in [2.75, 3.05) is 5.33 Å². The van der Waals surface area contributed by atoms with Crippen molar-refractivity contribution in [3.05, 3.63) is 12.2 Å². The van der Waals surface area contributed by atoms with Crippen LogP contribution in [0.3, 0.4) is 0 Å². The van der Waals surface area contributed by atoms with Gasteiger partial charge in [0.2, 0.25) is 0 Å². The quantitative estimate of drug-likeness (QED) is 0.307. The summed E-state index contributed by atoms with van der Waals surface area (Å²) in [5.41, 5.74) is -0.587. The second-order valence-electron chi connectivity index (χ2n) is 4.25. The van der Waals surface area contributed by atoms with Crippen LogP contribution in [0.2, 0.25) is 0 Å². The first-order chi connectivity index (χ1) is 6.70. The van der Waals surface area contributed by atoms with Gasteiger partial charge in [0.25, 0.3) is 0 Å². The van der Waals surface area contributed by atoms with Crippen molar-refractivity contribution in [2.24, 2.45) is 23.2 Å². The summed E-state index contributed by atoms with van der Waals surface area (Å²) in [6.45, 7) is 0. The molecule has 3 nitrogen and oxygen atoms in total. The van der Waals surface area contributed by atoms with E-state index in [-0.39, 0.29) is 29.7 Å². The van der Waals surface area contributed by atoms with E-state index in [1.54, 1.807) is 0 Å². The fourth-order valence-electron chi connectivity index (χ4n) is 3.12. The zero-order valence-electron chi connectivity index (χ0n) is 7.40. The highest BCUT2D eigenvalue weighted by atomic mass is 79.9. The fraction of sp³-hybridized carbons (Fsp3) is 0.600. The zero-order chi connectivity index (χ0) is 9.92. The second-order valence-corrected chi connectivity index (χ2v) is 4.81. The number of cyclic esters (lactones) is 2. The van der Waals surface area contributed by atoms with Gasteiger partial charge >= 0.3 is 11.9 Å². The van der Waals surface area contributed by atoms with Gasteiger partial charge in [0.1, 0.15) is 0 Å². The van der Waals surface area contributed by atoms with Crippen LogP contribution in [-0.2, 0) is 14.3 Å². The number of ether oxygens (including phenoxy) is 1. The molecule has 0 aromatic rings. The number of hydrogen-bond acceptors (Lipinski definition) is 3. The molecule has 1 saturated carbocycles. The number of allylic oxidation sites excluding steroid dienone is 2. The van der Waals surface area contributed by atoms with Gasteiger partial charge < -0.3 is 4.74 Å². The van der Waals surface area contributed by atoms with E-state index < -0.39 is 5.41 Å². The average Bonchev–Trinajstić information content (AvgIpc) is 2.78. The van der Waals surface area contributed by atoms with Gasteiger partial charge in [-0.25, -0.2) is 0 Å². The van der Waals surface area contributed by atoms with Gasteiger partial charge in [-0.3, -0.25) is 9.59 Å². The highest BCUT2D eigenvalue weighted by Crippen LogP contribution is 2.60. The van der Waals surface area contributed by atoms with Crippen molar-refractivity contribution in [1.82, 2.24) is 0 Å². The van der Waals surface area contributed by atoms with Gasteiger partial charge in [0.05, 0.1) is 11.3 Å². The van der Waals surface area contributed by atoms with E-state index in [4.69, 9.17) is 4.74 Å². The average molecular weight is 257 g/mol. The third-order valence-electron chi connectivity index (χ3n) is 3.81. The Kier molecular flexibility index (Phi) is 1.53. The Morgan fingerprint density at radius 2 is 2.29 bits per heavy atom. The predicted molar refractivity (Wildman–Crippen MR) is 51.6 cm³/mol. The summed E-state index contributed by atoms with van der Waals surface area (Å²) in [6.07, 6.45) is 5.04. The Labute approximate surface area is 89.6 Å². The van der Waals surface area contributed by atoms with Gasteiger partial charge in [-0.2, -0.15) is 0 Å². The van der Waals surface area contributed by atoms with Crippen LogP contribution >= 0.6 is 15.9 Å². The normalized spacial score (nSPS) is 48.5. The smallest absolute Gasteiger partial charge is 0.322 e. The van der Waals surface area contributed by atoms with Crippen molar-refractivity contribution in [3.8, 4) is 0 Å². The SMILES string of the molecule is O=C1OC(=O)[C@@]2(CBr)C3C=C[C@@H](C3)[C@H]12. The molecule has 0 amide bonds. The van der Waals surface area contributed by atoms with Crippen LogP contribution in [0.25, 0.3) is 0 Å². The summed E-state index contributed by atoms with van der Waals surface area (Å²) in [7, 11) is 0. The molecule has 0 aromatic carbocycles. The number of hydrogen-bond donors (Lipinski definition) is 0. The maximum absolute atomic E-state index is 11.7. The predicted octanol–water partition coefficient (Wildman–Crippen LogP) is 1.27. The number of rotatable bonds is 1. The Bertz CT molecular complexity index is 362. The van der Waals surface area contributed by atoms with E-state index in [9.17, 15) is 9.59 Å². The van der Waals surface area contributed by atoms with E-state index in [2.05, 4.69) is 28.1 Å². The monoisotopic (exact) mass is 256 g/mol. The number of esters is 2. The van der Waals surface area contributed by atoms with E-state index in [1.165, 1.54) is 0 Å². The highest BCUT2D eigenvalue weighted by molar-refractivity contribution is 9.09. The van der Waals surface area contributed by atoms with Gasteiger partial charge in [-0.15, -0.1) is 0 Å². The second kappa shape index (κ2) is 2.48. The summed E-state index contributed by atoms with van der Waals surface area (Å²) in [5.74, 6) is -0.482. The molecule has 0 aromatic heterocycles. The molecular weight excluding hydrogens is 248 g/mol. The minimum atomic E-state index is -0.587. The van der Waals surface area contributed by atoms with E-state index in [1.807, 2.05) is 0 Å². The molecule has 4 heteroatoms. The minimum absolute atomic E-state index is 0.191. The fourth-order valence-corrected chi connectivity index (χ4v) is 4.11. The van der Waals surface area contributed by atoms with Crippen molar-refractivity contribution in [2.45, 2.75) is 6.42 Å². The zero-order valence-corrected chi connectivity index (χ0v) is 8.99. The maximum atomic E-state index is 11.7. The molecule has 74 valence electrons. The van der Waals surface area contributed by atoms with Crippen LogP contribution in [-0.4, -0.2) is 17.3 Å². The summed E-state index contributed by atoms with van der Waals surface area (Å²) in [6, 6.07) is 0. The summed E-state index contributed by atoms with van der Waals surface area (Å²) >= 11 is 3.36. The molecule has 2 aliphatic carbocycles. The Morgan fingerprint density at radius 3 is 2.93 bits per heavy atom. The molecule has 1 heterocycles. The first kappa shape index (κ1) is 8.65. The van der Waals surface area contributed by atoms with Crippen LogP contribution in [0.1, 0.15) is 6.42 Å². The number of halogens is 1. The Morgan fingerprint density at radius 1 is 1.50 bits per heavy atom. The first-order valence-electron chi connectivity index (χ1n) is 4.70. The lowest BCUT2D eigenvalue weighted by atomic mass is 9.71. The summed E-state index contributed by atoms with van der Waals surface area (Å²) < 4.78 is 4.76. The Balaban J connectivity index is 2.16. The van der Waals surface area contributed by atoms with Crippen LogP contribution in [0.5, 0.6) is 0 Å². The van der Waals surface area contributed by atoms with Crippen molar-refractivity contribution < 1.29 is 14.3 Å². The molecule has 14 heavy (non-hydrogen) atoms. The molecule has 0 spiro atoms. The molecular formula is C10H9BrO3. The first-order valence-corrected chi connectivity index (χ1v) is 5.82. The molecule has 3 aliphatic rings. The topological polar surface area (TPSA) is 43.4 Å². The van der Waals surface area contributed by atoms with Crippen LogP contribution in [0.4, 0.5) is 0 Å². The van der Waals surface area contributed by atoms with Crippen LogP contribution in [0.15, 0.2) is 12.2 Å². The minimum Gasteiger partial charge on any atom is -0.392 e. The lowest BCUT2D eigenvalue weighted by Gasteiger charge is -2.28. The van der Waals surface area contributed by atoms with Crippen molar-refractivity contribution in [3.63, 3.8) is 0 Å². The Hall–Kier alpha value is -0.640. The third-order valence-corrected chi connectivity index (χ3v) is 4.74. The van der Waals surface area contributed by atoms with E-state index in [0.717, 1.165) is 6.42 Å². The largest absolute Gasteiger partial charge is 0.392 e. The lowest BCUT2D eigenvalue weighted by Crippen LogP contribution is -2.39. The highest BCUT2D eigenvalue weighted by Gasteiger charge is 2.68.